The Kier molecular flexibility index (Phi) is 4.25. The Labute approximate surface area is 133 Å². The van der Waals surface area contributed by atoms with Gasteiger partial charge in [-0.25, -0.2) is 4.98 Å². The molecule has 0 aliphatic rings. The smallest absolute Gasteiger partial charge is 0.181 e. The van der Waals surface area contributed by atoms with E-state index >= 15 is 0 Å². The summed E-state index contributed by atoms with van der Waals surface area (Å²) in [4.78, 5) is 4.44. The van der Waals surface area contributed by atoms with Crippen LogP contribution in [0.3, 0.4) is 0 Å². The molecule has 0 saturated heterocycles. The van der Waals surface area contributed by atoms with E-state index in [0.29, 0.717) is 29.6 Å². The zero-order valence-corrected chi connectivity index (χ0v) is 12.5. The van der Waals surface area contributed by atoms with Crippen molar-refractivity contribution in [1.82, 2.24) is 15.2 Å². The van der Waals surface area contributed by atoms with Crippen molar-refractivity contribution >= 4 is 17.3 Å². The molecule has 3 rings (SSSR count). The lowest BCUT2D eigenvalue weighted by molar-refractivity contribution is 0.319. The van der Waals surface area contributed by atoms with E-state index in [2.05, 4.69) is 15.2 Å². The Bertz CT molecular complexity index is 758. The molecule has 5 nitrogen and oxygen atoms in total. The Balaban J connectivity index is 1.62. The first-order valence-corrected chi connectivity index (χ1v) is 7.25. The quantitative estimate of drug-likeness (QED) is 0.708. The van der Waals surface area contributed by atoms with E-state index < -0.39 is 0 Å². The standard InChI is InChI=1S/C16H15ClN4O/c17-13-7-6-11(10-14(13)18)16-19-15(20-21-16)8-9-22-12-4-2-1-3-5-12/h1-7,10H,8-9,18H2,(H,19,20,21). The van der Waals surface area contributed by atoms with Gasteiger partial charge in [0.2, 0.25) is 0 Å². The highest BCUT2D eigenvalue weighted by Crippen LogP contribution is 2.24. The van der Waals surface area contributed by atoms with Crippen LogP contribution in [0.15, 0.2) is 48.5 Å². The second-order valence-electron chi connectivity index (χ2n) is 4.75. The van der Waals surface area contributed by atoms with Crippen molar-refractivity contribution in [3.63, 3.8) is 0 Å². The SMILES string of the molecule is Nc1cc(-c2n[nH]c(CCOc3ccccc3)n2)ccc1Cl. The monoisotopic (exact) mass is 314 g/mol. The number of H-pyrrole nitrogens is 1. The number of hydrogen-bond donors (Lipinski definition) is 2. The van der Waals surface area contributed by atoms with E-state index in [9.17, 15) is 0 Å². The third-order valence-electron chi connectivity index (χ3n) is 3.14. The number of nitrogens with one attached hydrogen (secondary N) is 1. The van der Waals surface area contributed by atoms with Gasteiger partial charge >= 0.3 is 0 Å². The van der Waals surface area contributed by atoms with Crippen LogP contribution in [0.5, 0.6) is 5.75 Å². The molecule has 3 N–H and O–H groups in total. The summed E-state index contributed by atoms with van der Waals surface area (Å²) in [6, 6.07) is 15.0. The summed E-state index contributed by atoms with van der Waals surface area (Å²) in [6.45, 7) is 0.529. The largest absolute Gasteiger partial charge is 0.493 e. The van der Waals surface area contributed by atoms with Gasteiger partial charge in [0.1, 0.15) is 11.6 Å². The Morgan fingerprint density at radius 1 is 1.14 bits per heavy atom. The van der Waals surface area contributed by atoms with Crippen molar-refractivity contribution in [3.05, 3.63) is 59.4 Å². The van der Waals surface area contributed by atoms with Crippen molar-refractivity contribution in [2.24, 2.45) is 0 Å². The highest BCUT2D eigenvalue weighted by molar-refractivity contribution is 6.33. The van der Waals surface area contributed by atoms with E-state index in [4.69, 9.17) is 22.1 Å². The van der Waals surface area contributed by atoms with Crippen molar-refractivity contribution in [3.8, 4) is 17.1 Å². The predicted molar refractivity (Wildman–Crippen MR) is 86.9 cm³/mol. The van der Waals surface area contributed by atoms with Crippen molar-refractivity contribution in [2.75, 3.05) is 12.3 Å². The van der Waals surface area contributed by atoms with Gasteiger partial charge in [-0.15, -0.1) is 0 Å². The van der Waals surface area contributed by atoms with Crippen molar-refractivity contribution in [2.45, 2.75) is 6.42 Å². The summed E-state index contributed by atoms with van der Waals surface area (Å²) in [5.41, 5.74) is 7.13. The third kappa shape index (κ3) is 3.38. The van der Waals surface area contributed by atoms with Gasteiger partial charge in [-0.2, -0.15) is 5.10 Å². The summed E-state index contributed by atoms with van der Waals surface area (Å²) < 4.78 is 5.63. The molecule has 0 fully saturated rings. The number of aromatic amines is 1. The number of ether oxygens (including phenoxy) is 1. The lowest BCUT2D eigenvalue weighted by atomic mass is 10.2. The summed E-state index contributed by atoms with van der Waals surface area (Å²) in [5, 5.41) is 7.63. The van der Waals surface area contributed by atoms with Crippen LogP contribution in [0.1, 0.15) is 5.82 Å². The number of rotatable bonds is 5. The van der Waals surface area contributed by atoms with Gasteiger partial charge in [0.25, 0.3) is 0 Å². The Morgan fingerprint density at radius 3 is 2.73 bits per heavy atom. The second-order valence-corrected chi connectivity index (χ2v) is 5.16. The van der Waals surface area contributed by atoms with Gasteiger partial charge in [-0.3, -0.25) is 5.10 Å². The lowest BCUT2D eigenvalue weighted by Crippen LogP contribution is -2.02. The molecular formula is C16H15ClN4O. The fourth-order valence-electron chi connectivity index (χ4n) is 2.00. The summed E-state index contributed by atoms with van der Waals surface area (Å²) in [7, 11) is 0. The summed E-state index contributed by atoms with van der Waals surface area (Å²) in [5.74, 6) is 2.20. The average Bonchev–Trinajstić information content (AvgIpc) is 3.00. The molecule has 1 heterocycles. The fraction of sp³-hybridized carbons (Fsp3) is 0.125. The summed E-state index contributed by atoms with van der Waals surface area (Å²) in [6.07, 6.45) is 0.644. The first kappa shape index (κ1) is 14.4. The van der Waals surface area contributed by atoms with Crippen LogP contribution < -0.4 is 10.5 Å². The van der Waals surface area contributed by atoms with Crippen LogP contribution in [0.4, 0.5) is 5.69 Å². The maximum Gasteiger partial charge on any atom is 0.181 e. The minimum absolute atomic E-state index is 0.512. The van der Waals surface area contributed by atoms with Crippen LogP contribution in [-0.4, -0.2) is 21.8 Å². The normalized spacial score (nSPS) is 10.6. The van der Waals surface area contributed by atoms with Crippen LogP contribution >= 0.6 is 11.6 Å². The molecule has 6 heteroatoms. The van der Waals surface area contributed by atoms with E-state index in [1.54, 1.807) is 12.1 Å². The minimum Gasteiger partial charge on any atom is -0.493 e. The molecule has 3 aromatic rings. The highest BCUT2D eigenvalue weighted by Gasteiger charge is 2.08. The van der Waals surface area contributed by atoms with Crippen LogP contribution in [-0.2, 0) is 6.42 Å². The number of para-hydroxylation sites is 1. The molecule has 112 valence electrons. The number of halogens is 1. The van der Waals surface area contributed by atoms with Gasteiger partial charge in [-0.05, 0) is 30.3 Å². The number of anilines is 1. The van der Waals surface area contributed by atoms with Crippen LogP contribution in [0, 0.1) is 0 Å². The Hall–Kier alpha value is -2.53. The zero-order chi connectivity index (χ0) is 15.4. The number of benzene rings is 2. The van der Waals surface area contributed by atoms with Crippen LogP contribution in [0.25, 0.3) is 11.4 Å². The maximum atomic E-state index is 5.91. The first-order chi connectivity index (χ1) is 10.7. The molecular weight excluding hydrogens is 300 g/mol. The molecule has 0 bridgehead atoms. The van der Waals surface area contributed by atoms with Gasteiger partial charge in [0.05, 0.1) is 17.3 Å². The van der Waals surface area contributed by atoms with E-state index in [1.165, 1.54) is 0 Å². The first-order valence-electron chi connectivity index (χ1n) is 6.87. The topological polar surface area (TPSA) is 76.8 Å². The molecule has 0 aliphatic carbocycles. The number of nitrogen functional groups attached to an aromatic ring is 1. The fourth-order valence-corrected chi connectivity index (χ4v) is 2.12. The third-order valence-corrected chi connectivity index (χ3v) is 3.48. The van der Waals surface area contributed by atoms with Crippen LogP contribution in [0.2, 0.25) is 5.02 Å². The number of aromatic nitrogens is 3. The molecule has 22 heavy (non-hydrogen) atoms. The van der Waals surface area contributed by atoms with Gasteiger partial charge < -0.3 is 10.5 Å². The zero-order valence-electron chi connectivity index (χ0n) is 11.8. The second kappa shape index (κ2) is 6.49. The van der Waals surface area contributed by atoms with E-state index in [0.717, 1.165) is 17.1 Å². The average molecular weight is 315 g/mol. The molecule has 0 atom stereocenters. The van der Waals surface area contributed by atoms with Gasteiger partial charge in [-0.1, -0.05) is 29.8 Å². The molecule has 1 aromatic heterocycles. The molecule has 0 spiro atoms. The van der Waals surface area contributed by atoms with E-state index in [1.807, 2.05) is 36.4 Å². The molecule has 0 radical (unpaired) electrons. The highest BCUT2D eigenvalue weighted by atomic mass is 35.5. The molecule has 0 amide bonds. The predicted octanol–water partition coefficient (Wildman–Crippen LogP) is 3.33. The number of hydrogen-bond acceptors (Lipinski definition) is 4. The van der Waals surface area contributed by atoms with Gasteiger partial charge in [0, 0.05) is 12.0 Å². The minimum atomic E-state index is 0.512. The van der Waals surface area contributed by atoms with Gasteiger partial charge in [0.15, 0.2) is 5.82 Å². The molecule has 0 saturated carbocycles. The van der Waals surface area contributed by atoms with Crippen molar-refractivity contribution < 1.29 is 4.74 Å². The number of nitrogens with two attached hydrogens (primary N) is 1. The molecule has 2 aromatic carbocycles. The van der Waals surface area contributed by atoms with E-state index in [-0.39, 0.29) is 0 Å². The molecule has 0 unspecified atom stereocenters. The molecule has 0 aliphatic heterocycles. The lowest BCUT2D eigenvalue weighted by Gasteiger charge is -2.03. The Morgan fingerprint density at radius 2 is 1.95 bits per heavy atom. The summed E-state index contributed by atoms with van der Waals surface area (Å²) >= 11 is 5.91. The maximum absolute atomic E-state index is 5.91. The van der Waals surface area contributed by atoms with Crippen molar-refractivity contribution in [1.29, 1.82) is 0 Å². The number of nitrogens with zero attached hydrogens (tertiary/aromatic N) is 2.